The molecule has 0 heterocycles. The molecule has 140 valence electrons. The molecule has 27 heavy (non-hydrogen) atoms. The number of hydrogen-bond acceptors (Lipinski definition) is 5. The average molecular weight is 371 g/mol. The minimum Gasteiger partial charge on any atom is -0.465 e. The van der Waals surface area contributed by atoms with E-state index in [2.05, 4.69) is 10.1 Å². The Hall–Kier alpha value is -3.48. The van der Waals surface area contributed by atoms with Crippen LogP contribution in [0.5, 0.6) is 0 Å². The second kappa shape index (κ2) is 9.86. The largest absolute Gasteiger partial charge is 0.465 e. The van der Waals surface area contributed by atoms with E-state index in [0.29, 0.717) is 5.56 Å². The number of ether oxygens (including phenoxy) is 2. The molecule has 0 radical (unpaired) electrons. The normalized spacial score (nSPS) is 10.4. The van der Waals surface area contributed by atoms with E-state index >= 15 is 0 Å². The molecule has 0 aliphatic rings. The fraction of sp³-hybridized carbons (Fsp3) is 0.150. The van der Waals surface area contributed by atoms with Crippen LogP contribution < -0.4 is 5.32 Å². The van der Waals surface area contributed by atoms with Crippen LogP contribution in [0.1, 0.15) is 21.5 Å². The van der Waals surface area contributed by atoms with Crippen LogP contribution in [-0.4, -0.2) is 31.6 Å². The summed E-state index contributed by atoms with van der Waals surface area (Å²) in [4.78, 5) is 34.6. The van der Waals surface area contributed by atoms with Crippen molar-refractivity contribution in [2.24, 2.45) is 0 Å². The number of carbonyl (C=O) groups excluding carboxylic acids is 3. The molecule has 0 bridgehead atoms. The van der Waals surface area contributed by atoms with Crippen molar-refractivity contribution in [2.75, 3.05) is 13.7 Å². The van der Waals surface area contributed by atoms with E-state index in [1.54, 1.807) is 36.4 Å². The predicted molar refractivity (Wildman–Crippen MR) is 96.0 cm³/mol. The van der Waals surface area contributed by atoms with E-state index in [9.17, 15) is 18.8 Å². The van der Waals surface area contributed by atoms with Gasteiger partial charge in [0.05, 0.1) is 12.7 Å². The Balaban J connectivity index is 1.75. The zero-order chi connectivity index (χ0) is 19.6. The third-order valence-corrected chi connectivity index (χ3v) is 3.51. The molecule has 1 amide bonds. The van der Waals surface area contributed by atoms with Crippen molar-refractivity contribution in [3.8, 4) is 0 Å². The van der Waals surface area contributed by atoms with Crippen molar-refractivity contribution < 1.29 is 28.2 Å². The van der Waals surface area contributed by atoms with Gasteiger partial charge in [0.2, 0.25) is 0 Å². The molecule has 0 atom stereocenters. The van der Waals surface area contributed by atoms with E-state index in [1.807, 2.05) is 0 Å². The zero-order valence-corrected chi connectivity index (χ0v) is 14.6. The van der Waals surface area contributed by atoms with Crippen LogP contribution in [0.15, 0.2) is 54.6 Å². The van der Waals surface area contributed by atoms with Gasteiger partial charge >= 0.3 is 11.9 Å². The molecule has 0 saturated carbocycles. The van der Waals surface area contributed by atoms with Gasteiger partial charge in [-0.1, -0.05) is 30.3 Å². The molecule has 0 saturated heterocycles. The minimum atomic E-state index is -0.754. The highest BCUT2D eigenvalue weighted by atomic mass is 19.1. The number of esters is 2. The number of rotatable bonds is 7. The quantitative estimate of drug-likeness (QED) is 0.597. The molecule has 0 unspecified atom stereocenters. The van der Waals surface area contributed by atoms with Crippen LogP contribution >= 0.6 is 0 Å². The maximum absolute atomic E-state index is 13.4. The first-order chi connectivity index (χ1) is 13.0. The van der Waals surface area contributed by atoms with Crippen molar-refractivity contribution in [3.63, 3.8) is 0 Å². The van der Waals surface area contributed by atoms with Crippen LogP contribution in [0.3, 0.4) is 0 Å². The lowest BCUT2D eigenvalue weighted by Crippen LogP contribution is -2.28. The predicted octanol–water partition coefficient (Wildman–Crippen LogP) is 2.49. The van der Waals surface area contributed by atoms with E-state index in [0.717, 1.165) is 11.6 Å². The van der Waals surface area contributed by atoms with Crippen LogP contribution in [0.2, 0.25) is 0 Å². The summed E-state index contributed by atoms with van der Waals surface area (Å²) < 4.78 is 22.8. The second-order valence-electron chi connectivity index (χ2n) is 5.43. The third-order valence-electron chi connectivity index (χ3n) is 3.51. The summed E-state index contributed by atoms with van der Waals surface area (Å²) in [6.45, 7) is -0.246. The van der Waals surface area contributed by atoms with Crippen molar-refractivity contribution in [3.05, 3.63) is 77.1 Å². The molecule has 2 rings (SSSR count). The monoisotopic (exact) mass is 371 g/mol. The Kier molecular flexibility index (Phi) is 7.25. The Morgan fingerprint density at radius 2 is 1.78 bits per heavy atom. The number of hydrogen-bond donors (Lipinski definition) is 1. The van der Waals surface area contributed by atoms with E-state index in [1.165, 1.54) is 25.3 Å². The fourth-order valence-electron chi connectivity index (χ4n) is 2.08. The molecule has 0 fully saturated rings. The van der Waals surface area contributed by atoms with Crippen molar-refractivity contribution in [2.45, 2.75) is 6.54 Å². The first kappa shape index (κ1) is 19.8. The Labute approximate surface area is 155 Å². The van der Waals surface area contributed by atoms with Gasteiger partial charge in [0.15, 0.2) is 6.61 Å². The molecule has 1 N–H and O–H groups in total. The number of halogens is 1. The van der Waals surface area contributed by atoms with Crippen LogP contribution in [0.25, 0.3) is 6.08 Å². The summed E-state index contributed by atoms with van der Waals surface area (Å²) in [6, 6.07) is 12.5. The summed E-state index contributed by atoms with van der Waals surface area (Å²) in [6.07, 6.45) is 2.33. The number of amides is 1. The van der Waals surface area contributed by atoms with Gasteiger partial charge < -0.3 is 14.8 Å². The summed E-state index contributed by atoms with van der Waals surface area (Å²) in [5.74, 6) is -2.14. The summed E-state index contributed by atoms with van der Waals surface area (Å²) in [5, 5.41) is 2.58. The molecule has 2 aromatic carbocycles. The summed E-state index contributed by atoms with van der Waals surface area (Å²) in [7, 11) is 1.29. The number of carbonyl (C=O) groups is 3. The lowest BCUT2D eigenvalue weighted by molar-refractivity contribution is -0.143. The van der Waals surface area contributed by atoms with E-state index in [-0.39, 0.29) is 12.1 Å². The van der Waals surface area contributed by atoms with Gasteiger partial charge in [-0.25, -0.2) is 14.0 Å². The zero-order valence-electron chi connectivity index (χ0n) is 14.6. The third kappa shape index (κ3) is 6.39. The molecule has 0 aliphatic heterocycles. The number of methoxy groups -OCH3 is 1. The molecule has 0 aliphatic carbocycles. The topological polar surface area (TPSA) is 81.7 Å². The standard InChI is InChI=1S/C20H18FNO5/c1-26-20(25)16-8-6-14(7-9-16)12-22-18(23)13-27-19(24)11-10-15-4-2-3-5-17(15)21/h2-11H,12-13H2,1H3,(H,22,23)/b11-10+. The highest BCUT2D eigenvalue weighted by Gasteiger charge is 2.07. The minimum absolute atomic E-state index is 0.211. The maximum atomic E-state index is 13.4. The smallest absolute Gasteiger partial charge is 0.337 e. The molecular weight excluding hydrogens is 353 g/mol. The second-order valence-corrected chi connectivity index (χ2v) is 5.43. The number of nitrogens with one attached hydrogen (secondary N) is 1. The van der Waals surface area contributed by atoms with Gasteiger partial charge in [0.25, 0.3) is 5.91 Å². The summed E-state index contributed by atoms with van der Waals surface area (Å²) >= 11 is 0. The van der Waals surface area contributed by atoms with Crippen molar-refractivity contribution >= 4 is 23.9 Å². The molecule has 0 aromatic heterocycles. The lowest BCUT2D eigenvalue weighted by Gasteiger charge is -2.06. The fourth-order valence-corrected chi connectivity index (χ4v) is 2.08. The molecule has 2 aromatic rings. The SMILES string of the molecule is COC(=O)c1ccc(CNC(=O)COC(=O)/C=C/c2ccccc2F)cc1. The first-order valence-electron chi connectivity index (χ1n) is 8.03. The lowest BCUT2D eigenvalue weighted by atomic mass is 10.1. The Bertz CT molecular complexity index is 846. The van der Waals surface area contributed by atoms with Gasteiger partial charge in [0.1, 0.15) is 5.82 Å². The van der Waals surface area contributed by atoms with Gasteiger partial charge in [0, 0.05) is 18.2 Å². The number of benzene rings is 2. The molecular formula is C20H18FNO5. The van der Waals surface area contributed by atoms with Gasteiger partial charge in [-0.05, 0) is 29.8 Å². The Morgan fingerprint density at radius 3 is 2.44 bits per heavy atom. The van der Waals surface area contributed by atoms with E-state index < -0.39 is 30.3 Å². The van der Waals surface area contributed by atoms with Gasteiger partial charge in [-0.15, -0.1) is 0 Å². The van der Waals surface area contributed by atoms with E-state index in [4.69, 9.17) is 4.74 Å². The first-order valence-corrected chi connectivity index (χ1v) is 8.03. The highest BCUT2D eigenvalue weighted by molar-refractivity contribution is 5.90. The highest BCUT2D eigenvalue weighted by Crippen LogP contribution is 2.08. The summed E-state index contributed by atoms with van der Waals surface area (Å²) in [5.41, 5.74) is 1.42. The molecule has 6 nitrogen and oxygen atoms in total. The van der Waals surface area contributed by atoms with Crippen molar-refractivity contribution in [1.82, 2.24) is 5.32 Å². The average Bonchev–Trinajstić information content (AvgIpc) is 2.69. The molecule has 7 heteroatoms. The van der Waals surface area contributed by atoms with Gasteiger partial charge in [-0.3, -0.25) is 4.79 Å². The Morgan fingerprint density at radius 1 is 1.07 bits per heavy atom. The maximum Gasteiger partial charge on any atom is 0.337 e. The van der Waals surface area contributed by atoms with Crippen LogP contribution in [-0.2, 0) is 25.6 Å². The van der Waals surface area contributed by atoms with Crippen LogP contribution in [0.4, 0.5) is 4.39 Å². The molecule has 0 spiro atoms. The van der Waals surface area contributed by atoms with Crippen LogP contribution in [0, 0.1) is 5.82 Å². The van der Waals surface area contributed by atoms with Crippen molar-refractivity contribution in [1.29, 1.82) is 0 Å². The van der Waals surface area contributed by atoms with Gasteiger partial charge in [-0.2, -0.15) is 0 Å².